The molecule has 0 amide bonds. The van der Waals surface area contributed by atoms with E-state index in [4.69, 9.17) is 4.74 Å². The van der Waals surface area contributed by atoms with Crippen LogP contribution in [0.4, 0.5) is 19.4 Å². The number of hydrogen-bond acceptors (Lipinski definition) is 1. The van der Waals surface area contributed by atoms with Crippen LogP contribution in [0.2, 0.25) is 0 Å². The maximum atomic E-state index is 12.9. The van der Waals surface area contributed by atoms with Crippen molar-refractivity contribution in [2.75, 3.05) is 0 Å². The molecule has 2 atom stereocenters. The monoisotopic (exact) mass is 318 g/mol. The zero-order valence-electron chi connectivity index (χ0n) is 11.7. The van der Waals surface area contributed by atoms with Crippen LogP contribution in [-0.2, 0) is 0 Å². The van der Waals surface area contributed by atoms with Gasteiger partial charge in [0.2, 0.25) is 0 Å². The van der Waals surface area contributed by atoms with Crippen LogP contribution in [0.5, 0.6) is 5.75 Å². The average Bonchev–Trinajstić information content (AvgIpc) is 2.25. The Morgan fingerprint density at radius 1 is 0.900 bits per heavy atom. The van der Waals surface area contributed by atoms with Gasteiger partial charge in [-0.05, 0) is 30.9 Å². The molecule has 0 fully saturated rings. The second-order valence-corrected chi connectivity index (χ2v) is 7.72. The van der Waals surface area contributed by atoms with Gasteiger partial charge in [-0.25, -0.2) is 0 Å². The Hall–Kier alpha value is -0.980. The van der Waals surface area contributed by atoms with Gasteiger partial charge in [0.05, 0.1) is 6.10 Å². The fourth-order valence-electron chi connectivity index (χ4n) is 1.72. The van der Waals surface area contributed by atoms with E-state index in [1.54, 1.807) is 13.8 Å². The maximum absolute atomic E-state index is 12.9. The molecule has 1 aromatic carbocycles. The molecule has 0 aromatic heterocycles. The smallest absolute Gasteiger partial charge is 0.313 e. The van der Waals surface area contributed by atoms with E-state index in [0.717, 1.165) is 12.1 Å². The summed E-state index contributed by atoms with van der Waals surface area (Å²) < 4.78 is 69.8. The highest BCUT2D eigenvalue weighted by molar-refractivity contribution is 8.45. The Balaban J connectivity index is 3.18. The highest BCUT2D eigenvalue weighted by atomic mass is 32.5. The second-order valence-electron chi connectivity index (χ2n) is 5.34. The highest BCUT2D eigenvalue weighted by Gasteiger charge is 2.67. The van der Waals surface area contributed by atoms with Crippen LogP contribution < -0.4 is 4.74 Å². The molecule has 7 heteroatoms. The van der Waals surface area contributed by atoms with E-state index in [1.807, 2.05) is 13.8 Å². The summed E-state index contributed by atoms with van der Waals surface area (Å²) in [6.07, 6.45) is -0.601. The number of rotatable bonds is 5. The van der Waals surface area contributed by atoms with Crippen molar-refractivity contribution in [1.82, 2.24) is 0 Å². The maximum Gasteiger partial charge on any atom is 0.313 e. The summed E-state index contributed by atoms with van der Waals surface area (Å²) in [5, 5.41) is 0. The molecule has 0 aliphatic heterocycles. The van der Waals surface area contributed by atoms with Gasteiger partial charge in [-0.3, -0.25) is 0 Å². The van der Waals surface area contributed by atoms with Gasteiger partial charge in [0, 0.05) is 0 Å². The van der Waals surface area contributed by atoms with Crippen molar-refractivity contribution in [2.45, 2.75) is 38.7 Å². The molecule has 118 valence electrons. The largest absolute Gasteiger partial charge is 0.489 e. The quantitative estimate of drug-likeness (QED) is 0.570. The minimum atomic E-state index is -9.74. The van der Waals surface area contributed by atoms with E-state index < -0.39 is 27.0 Å². The first-order valence-corrected chi connectivity index (χ1v) is 8.17. The lowest BCUT2D eigenvalue weighted by Gasteiger charge is -2.41. The molecule has 1 rings (SSSR count). The second kappa shape index (κ2) is 4.51. The average molecular weight is 318 g/mol. The third-order valence-electron chi connectivity index (χ3n) is 3.37. The number of benzene rings is 1. The molecular formula is C13H19F5OS. The van der Waals surface area contributed by atoms with E-state index in [-0.39, 0.29) is 11.8 Å². The molecule has 0 saturated carbocycles. The van der Waals surface area contributed by atoms with Crippen molar-refractivity contribution in [2.24, 2.45) is 11.8 Å². The third-order valence-corrected chi connectivity index (χ3v) is 4.54. The van der Waals surface area contributed by atoms with Crippen LogP contribution in [0.3, 0.4) is 0 Å². The van der Waals surface area contributed by atoms with Gasteiger partial charge in [-0.2, -0.15) is 0 Å². The summed E-state index contributed by atoms with van der Waals surface area (Å²) >= 11 is 0. The van der Waals surface area contributed by atoms with Crippen molar-refractivity contribution in [3.8, 4) is 5.75 Å². The predicted octanol–water partition coefficient (Wildman–Crippen LogP) is 6.40. The molecule has 1 nitrogen and oxygen atoms in total. The summed E-state index contributed by atoms with van der Waals surface area (Å²) in [7, 11) is -9.74. The van der Waals surface area contributed by atoms with E-state index in [2.05, 4.69) is 0 Å². The van der Waals surface area contributed by atoms with Crippen LogP contribution in [0.1, 0.15) is 27.7 Å². The van der Waals surface area contributed by atoms with Gasteiger partial charge >= 0.3 is 10.2 Å². The first-order valence-electron chi connectivity index (χ1n) is 6.22. The van der Waals surface area contributed by atoms with Gasteiger partial charge in [-0.15, -0.1) is 0 Å². The van der Waals surface area contributed by atoms with Gasteiger partial charge < -0.3 is 4.74 Å². The first kappa shape index (κ1) is 17.1. The van der Waals surface area contributed by atoms with Gasteiger partial charge in [0.15, 0.2) is 0 Å². The minimum Gasteiger partial charge on any atom is -0.489 e. The first-order chi connectivity index (χ1) is 8.72. The van der Waals surface area contributed by atoms with Crippen LogP contribution in [0.25, 0.3) is 0 Å². The van der Waals surface area contributed by atoms with Crippen molar-refractivity contribution >= 4 is 10.2 Å². The Morgan fingerprint density at radius 2 is 1.40 bits per heavy atom. The molecule has 0 N–H and O–H groups in total. The van der Waals surface area contributed by atoms with E-state index in [1.165, 1.54) is 6.07 Å². The van der Waals surface area contributed by atoms with Crippen molar-refractivity contribution < 1.29 is 24.2 Å². The fraction of sp³-hybridized carbons (Fsp3) is 0.538. The van der Waals surface area contributed by atoms with E-state index in [0.29, 0.717) is 6.07 Å². The molecule has 0 bridgehead atoms. The molecule has 0 aliphatic rings. The van der Waals surface area contributed by atoms with Crippen molar-refractivity contribution in [1.29, 1.82) is 0 Å². The van der Waals surface area contributed by atoms with Crippen molar-refractivity contribution in [3.05, 3.63) is 24.3 Å². The molecule has 20 heavy (non-hydrogen) atoms. The lowest BCUT2D eigenvalue weighted by atomic mass is 9.93. The highest BCUT2D eigenvalue weighted by Crippen LogP contribution is 3.03. The third kappa shape index (κ3) is 4.26. The molecule has 0 saturated heterocycles. The van der Waals surface area contributed by atoms with Crippen molar-refractivity contribution in [3.63, 3.8) is 0 Å². The summed E-state index contributed by atoms with van der Waals surface area (Å²) in [5.41, 5.74) is 0. The number of hydrogen-bond donors (Lipinski definition) is 0. The fourth-order valence-corrected chi connectivity index (χ4v) is 2.55. The molecular weight excluding hydrogens is 299 g/mol. The van der Waals surface area contributed by atoms with Crippen LogP contribution in [0, 0.1) is 11.8 Å². The van der Waals surface area contributed by atoms with E-state index >= 15 is 0 Å². The standard InChI is InChI=1S/C13H19F5OS/c1-9(2)10(3)11(4)19-12-7-5-6-8-13(12)20(14,15,16,17)18/h5-11H,1-4H3. The zero-order chi connectivity index (χ0) is 15.8. The Kier molecular flexibility index (Phi) is 3.85. The molecule has 0 aliphatic carbocycles. The summed E-state index contributed by atoms with van der Waals surface area (Å²) in [5.74, 6) is -0.717. The normalized spacial score (nSPS) is 19.1. The topological polar surface area (TPSA) is 9.23 Å². The molecule has 2 unspecified atom stereocenters. The Labute approximate surface area is 115 Å². The molecule has 1 aromatic rings. The van der Waals surface area contributed by atoms with Crippen LogP contribution in [-0.4, -0.2) is 6.10 Å². The van der Waals surface area contributed by atoms with Gasteiger partial charge in [0.25, 0.3) is 0 Å². The van der Waals surface area contributed by atoms with Gasteiger partial charge in [0.1, 0.15) is 10.6 Å². The molecule has 0 heterocycles. The number of halogens is 5. The lowest BCUT2D eigenvalue weighted by Crippen LogP contribution is -2.26. The summed E-state index contributed by atoms with van der Waals surface area (Å²) in [4.78, 5) is -1.96. The molecule has 0 spiro atoms. The van der Waals surface area contributed by atoms with Crippen LogP contribution in [0.15, 0.2) is 29.2 Å². The zero-order valence-corrected chi connectivity index (χ0v) is 12.6. The Bertz CT molecular complexity index is 482. The lowest BCUT2D eigenvalue weighted by molar-refractivity contribution is 0.127. The Morgan fingerprint density at radius 3 is 1.85 bits per heavy atom. The summed E-state index contributed by atoms with van der Waals surface area (Å²) in [6, 6.07) is 3.46. The van der Waals surface area contributed by atoms with Gasteiger partial charge in [-0.1, -0.05) is 52.3 Å². The SMILES string of the molecule is CC(C)C(C)C(C)Oc1ccccc1S(F)(F)(F)(F)F. The predicted molar refractivity (Wildman–Crippen MR) is 71.9 cm³/mol. The minimum absolute atomic E-state index is 0.0680. The van der Waals surface area contributed by atoms with Crippen LogP contribution >= 0.6 is 10.2 Å². The number of para-hydroxylation sites is 1. The molecule has 0 radical (unpaired) electrons. The number of ether oxygens (including phenoxy) is 1. The summed E-state index contributed by atoms with van der Waals surface area (Å²) in [6.45, 7) is 7.16. The van der Waals surface area contributed by atoms with E-state index in [9.17, 15) is 19.4 Å².